The van der Waals surface area contributed by atoms with E-state index in [-0.39, 0.29) is 5.91 Å². The Balaban J connectivity index is 1.34. The number of amides is 1. The molecule has 8 heteroatoms. The number of carbonyl (C=O) groups is 1. The zero-order chi connectivity index (χ0) is 19.0. The summed E-state index contributed by atoms with van der Waals surface area (Å²) < 4.78 is 7.01. The van der Waals surface area contributed by atoms with Gasteiger partial charge in [-0.3, -0.25) is 4.79 Å². The van der Waals surface area contributed by atoms with Crippen molar-refractivity contribution in [2.75, 3.05) is 31.6 Å². The maximum Gasteiger partial charge on any atom is 0.251 e. The lowest BCUT2D eigenvalue weighted by Gasteiger charge is -2.39. The summed E-state index contributed by atoms with van der Waals surface area (Å²) in [7, 11) is 3.43. The molecule has 3 aromatic rings. The van der Waals surface area contributed by atoms with Crippen LogP contribution in [0.2, 0.25) is 0 Å². The van der Waals surface area contributed by atoms with Gasteiger partial charge in [0.2, 0.25) is 5.88 Å². The van der Waals surface area contributed by atoms with Gasteiger partial charge in [0.25, 0.3) is 5.91 Å². The molecule has 2 aromatic heterocycles. The van der Waals surface area contributed by atoms with Crippen LogP contribution >= 0.6 is 0 Å². The van der Waals surface area contributed by atoms with Gasteiger partial charge < -0.3 is 15.0 Å². The molecule has 0 unspecified atom stereocenters. The Morgan fingerprint density at radius 2 is 2.07 bits per heavy atom. The number of nitrogens with one attached hydrogen (secondary N) is 1. The topological polar surface area (TPSA) is 85.2 Å². The summed E-state index contributed by atoms with van der Waals surface area (Å²) in [5.74, 6) is 1.90. The van der Waals surface area contributed by atoms with Crippen LogP contribution in [0.3, 0.4) is 0 Å². The number of hydrogen-bond donors (Lipinski definition) is 1. The fraction of sp³-hybridized carbons (Fsp3) is 0.368. The van der Waals surface area contributed by atoms with Gasteiger partial charge in [0.1, 0.15) is 0 Å². The average molecular weight is 366 g/mol. The van der Waals surface area contributed by atoms with Gasteiger partial charge in [-0.25, -0.2) is 4.68 Å². The van der Waals surface area contributed by atoms with E-state index in [4.69, 9.17) is 4.74 Å². The second kappa shape index (κ2) is 6.86. The van der Waals surface area contributed by atoms with Crippen LogP contribution in [0.5, 0.6) is 5.88 Å². The van der Waals surface area contributed by atoms with Gasteiger partial charge in [-0.1, -0.05) is 0 Å². The van der Waals surface area contributed by atoms with Crippen molar-refractivity contribution < 1.29 is 9.53 Å². The summed E-state index contributed by atoms with van der Waals surface area (Å²) in [5, 5.41) is 16.6. The quantitative estimate of drug-likeness (QED) is 0.737. The molecule has 0 radical (unpaired) electrons. The molecular formula is C19H22N6O2. The number of benzene rings is 1. The molecule has 0 bridgehead atoms. The zero-order valence-electron chi connectivity index (χ0n) is 15.6. The van der Waals surface area contributed by atoms with Crippen molar-refractivity contribution in [2.24, 2.45) is 13.0 Å². The smallest absolute Gasteiger partial charge is 0.251 e. The molecule has 0 spiro atoms. The van der Waals surface area contributed by atoms with E-state index in [0.29, 0.717) is 23.9 Å². The number of fused-ring (bicyclic) bond motifs is 1. The third-order valence-corrected chi connectivity index (χ3v) is 4.85. The molecule has 0 saturated carbocycles. The van der Waals surface area contributed by atoms with Crippen LogP contribution in [0.1, 0.15) is 16.1 Å². The summed E-state index contributed by atoms with van der Waals surface area (Å²) in [4.78, 5) is 14.6. The number of methoxy groups -OCH3 is 1. The lowest BCUT2D eigenvalue weighted by Crippen LogP contribution is -2.51. The summed E-state index contributed by atoms with van der Waals surface area (Å²) in [6.07, 6.45) is 0. The fourth-order valence-electron chi connectivity index (χ4n) is 3.35. The van der Waals surface area contributed by atoms with Crippen LogP contribution in [-0.2, 0) is 7.05 Å². The number of carbonyl (C=O) groups excluding carboxylic acids is 1. The highest BCUT2D eigenvalue weighted by Gasteiger charge is 2.28. The fourth-order valence-corrected chi connectivity index (χ4v) is 3.35. The van der Waals surface area contributed by atoms with Crippen molar-refractivity contribution in [3.8, 4) is 5.88 Å². The Morgan fingerprint density at radius 1 is 1.26 bits per heavy atom. The molecule has 0 atom stereocenters. The molecule has 1 fully saturated rings. The standard InChI is InChI=1S/C19H22N6O2/c1-12-4-7-17(22-21-12)25-10-13(11-25)9-20-18(26)14-5-6-15-16(8-14)23-24(2)19(15)27-3/h4-8,13H,9-11H2,1-3H3,(H,20,26). The van der Waals surface area contributed by atoms with Crippen LogP contribution < -0.4 is 15.0 Å². The highest BCUT2D eigenvalue weighted by Crippen LogP contribution is 2.25. The first-order valence-corrected chi connectivity index (χ1v) is 8.89. The minimum absolute atomic E-state index is 0.0879. The molecule has 4 rings (SSSR count). The Labute approximate surface area is 157 Å². The monoisotopic (exact) mass is 366 g/mol. The Morgan fingerprint density at radius 3 is 2.78 bits per heavy atom. The first-order chi connectivity index (χ1) is 13.0. The normalized spacial score (nSPS) is 14.3. The van der Waals surface area contributed by atoms with Crippen LogP contribution in [0, 0.1) is 12.8 Å². The minimum atomic E-state index is -0.0879. The lowest BCUT2D eigenvalue weighted by atomic mass is 10.00. The predicted molar refractivity (Wildman–Crippen MR) is 102 cm³/mol. The van der Waals surface area contributed by atoms with Gasteiger partial charge >= 0.3 is 0 Å². The average Bonchev–Trinajstić information content (AvgIpc) is 2.95. The van der Waals surface area contributed by atoms with Crippen molar-refractivity contribution >= 4 is 22.6 Å². The summed E-state index contributed by atoms with van der Waals surface area (Å²) in [6, 6.07) is 9.41. The second-order valence-electron chi connectivity index (χ2n) is 6.88. The molecule has 1 aromatic carbocycles. The van der Waals surface area contributed by atoms with Gasteiger partial charge in [-0.2, -0.15) is 10.2 Å². The van der Waals surface area contributed by atoms with E-state index in [1.165, 1.54) is 0 Å². The third-order valence-electron chi connectivity index (χ3n) is 4.85. The maximum atomic E-state index is 12.5. The number of aryl methyl sites for hydroxylation is 2. The molecular weight excluding hydrogens is 344 g/mol. The van der Waals surface area contributed by atoms with Crippen LogP contribution in [0.15, 0.2) is 30.3 Å². The largest absolute Gasteiger partial charge is 0.481 e. The van der Waals surface area contributed by atoms with E-state index >= 15 is 0 Å². The zero-order valence-corrected chi connectivity index (χ0v) is 15.6. The molecule has 1 aliphatic heterocycles. The molecule has 1 amide bonds. The number of ether oxygens (including phenoxy) is 1. The maximum absolute atomic E-state index is 12.5. The van der Waals surface area contributed by atoms with E-state index in [1.54, 1.807) is 23.9 Å². The highest BCUT2D eigenvalue weighted by atomic mass is 16.5. The molecule has 140 valence electrons. The molecule has 8 nitrogen and oxygen atoms in total. The van der Waals surface area contributed by atoms with E-state index in [0.717, 1.165) is 35.5 Å². The van der Waals surface area contributed by atoms with E-state index in [9.17, 15) is 4.79 Å². The minimum Gasteiger partial charge on any atom is -0.481 e. The van der Waals surface area contributed by atoms with E-state index in [2.05, 4.69) is 25.5 Å². The molecule has 3 heterocycles. The number of anilines is 1. The number of nitrogens with zero attached hydrogens (tertiary/aromatic N) is 5. The van der Waals surface area contributed by atoms with Crippen molar-refractivity contribution in [2.45, 2.75) is 6.92 Å². The summed E-state index contributed by atoms with van der Waals surface area (Å²) in [6.45, 7) is 4.30. The number of rotatable bonds is 5. The SMILES string of the molecule is COc1c2ccc(C(=O)NCC3CN(c4ccc(C)nn4)C3)cc2nn1C. The van der Waals surface area contributed by atoms with Gasteiger partial charge in [0, 0.05) is 38.2 Å². The molecule has 1 saturated heterocycles. The summed E-state index contributed by atoms with van der Waals surface area (Å²) in [5.41, 5.74) is 2.25. The molecule has 0 aliphatic carbocycles. The van der Waals surface area contributed by atoms with Gasteiger partial charge in [-0.15, -0.1) is 5.10 Å². The Bertz CT molecular complexity index is 976. The second-order valence-corrected chi connectivity index (χ2v) is 6.88. The van der Waals surface area contributed by atoms with Crippen LogP contribution in [-0.4, -0.2) is 52.6 Å². The summed E-state index contributed by atoms with van der Waals surface area (Å²) >= 11 is 0. The molecule has 27 heavy (non-hydrogen) atoms. The number of aromatic nitrogens is 4. The number of hydrogen-bond acceptors (Lipinski definition) is 6. The van der Waals surface area contributed by atoms with Gasteiger partial charge in [-0.05, 0) is 37.3 Å². The molecule has 1 N–H and O–H groups in total. The predicted octanol–water partition coefficient (Wildman–Crippen LogP) is 1.55. The van der Waals surface area contributed by atoms with Crippen LogP contribution in [0.25, 0.3) is 10.9 Å². The van der Waals surface area contributed by atoms with Crippen molar-refractivity contribution in [3.63, 3.8) is 0 Å². The van der Waals surface area contributed by atoms with E-state index in [1.807, 2.05) is 32.2 Å². The molecule has 1 aliphatic rings. The van der Waals surface area contributed by atoms with Gasteiger partial charge in [0.15, 0.2) is 5.82 Å². The van der Waals surface area contributed by atoms with E-state index < -0.39 is 0 Å². The van der Waals surface area contributed by atoms with Crippen LogP contribution in [0.4, 0.5) is 5.82 Å². The third kappa shape index (κ3) is 3.30. The van der Waals surface area contributed by atoms with Crippen molar-refractivity contribution in [1.82, 2.24) is 25.3 Å². The van der Waals surface area contributed by atoms with Crippen molar-refractivity contribution in [3.05, 3.63) is 41.6 Å². The Kier molecular flexibility index (Phi) is 4.39. The first kappa shape index (κ1) is 17.3. The first-order valence-electron chi connectivity index (χ1n) is 8.89. The Hall–Kier alpha value is -3.16. The highest BCUT2D eigenvalue weighted by molar-refractivity contribution is 5.98. The van der Waals surface area contributed by atoms with Gasteiger partial charge in [0.05, 0.1) is 23.7 Å². The lowest BCUT2D eigenvalue weighted by molar-refractivity contribution is 0.0944. The van der Waals surface area contributed by atoms with Crippen molar-refractivity contribution in [1.29, 1.82) is 0 Å².